The molecule has 1 unspecified atom stereocenters. The fourth-order valence-electron chi connectivity index (χ4n) is 2.79. The summed E-state index contributed by atoms with van der Waals surface area (Å²) in [7, 11) is 0. The van der Waals surface area contributed by atoms with Crippen molar-refractivity contribution >= 4 is 5.97 Å². The van der Waals surface area contributed by atoms with Gasteiger partial charge in [0, 0.05) is 12.0 Å². The summed E-state index contributed by atoms with van der Waals surface area (Å²) in [5, 5.41) is 8.99. The maximum Gasteiger partial charge on any atom is 0.389 e. The van der Waals surface area contributed by atoms with Gasteiger partial charge in [0.1, 0.15) is 0 Å². The number of aliphatic carboxylic acids is 1. The van der Waals surface area contributed by atoms with Gasteiger partial charge in [-0.3, -0.25) is 9.69 Å². The van der Waals surface area contributed by atoms with Crippen LogP contribution in [0.5, 0.6) is 0 Å². The number of hydrogen-bond donors (Lipinski definition) is 1. The monoisotopic (exact) mass is 281 g/mol. The molecule has 1 N–H and O–H groups in total. The molecule has 1 rings (SSSR count). The third kappa shape index (κ3) is 5.80. The number of carbonyl (C=O) groups is 1. The molecule has 0 saturated carbocycles. The molecular weight excluding hydrogens is 259 g/mol. The Labute approximate surface area is 111 Å². The molecule has 0 spiro atoms. The first kappa shape index (κ1) is 16.3. The van der Waals surface area contributed by atoms with Gasteiger partial charge >= 0.3 is 12.1 Å². The second-order valence-electron chi connectivity index (χ2n) is 5.58. The lowest BCUT2D eigenvalue weighted by atomic mass is 9.87. The van der Waals surface area contributed by atoms with Gasteiger partial charge in [-0.25, -0.2) is 0 Å². The lowest BCUT2D eigenvalue weighted by Gasteiger charge is -2.43. The molecule has 3 nitrogen and oxygen atoms in total. The molecule has 112 valence electrons. The SMILES string of the molecule is CC(CCCC(F)(F)F)(CC(=O)O)N1CCCCC1. The van der Waals surface area contributed by atoms with Crippen molar-refractivity contribution in [2.45, 2.75) is 63.6 Å². The maximum atomic E-state index is 12.2. The first-order valence-electron chi connectivity index (χ1n) is 6.76. The number of nitrogens with zero attached hydrogens (tertiary/aromatic N) is 1. The van der Waals surface area contributed by atoms with Gasteiger partial charge in [0.2, 0.25) is 0 Å². The Balaban J connectivity index is 2.60. The lowest BCUT2D eigenvalue weighted by Crippen LogP contribution is -2.50. The molecule has 0 bridgehead atoms. The molecule has 0 aliphatic carbocycles. The average molecular weight is 281 g/mol. The summed E-state index contributed by atoms with van der Waals surface area (Å²) in [5.41, 5.74) is -0.655. The minimum absolute atomic E-state index is 0.0101. The second kappa shape index (κ2) is 6.59. The molecule has 1 fully saturated rings. The third-order valence-corrected chi connectivity index (χ3v) is 3.83. The van der Waals surface area contributed by atoms with Crippen molar-refractivity contribution in [1.82, 2.24) is 4.90 Å². The first-order valence-corrected chi connectivity index (χ1v) is 6.76. The summed E-state index contributed by atoms with van der Waals surface area (Å²) in [6.07, 6.45) is -1.72. The number of hydrogen-bond acceptors (Lipinski definition) is 2. The molecule has 0 aromatic carbocycles. The van der Waals surface area contributed by atoms with Gasteiger partial charge in [-0.1, -0.05) is 6.42 Å². The van der Waals surface area contributed by atoms with Crippen LogP contribution in [0.25, 0.3) is 0 Å². The summed E-state index contributed by atoms with van der Waals surface area (Å²) in [4.78, 5) is 13.0. The highest BCUT2D eigenvalue weighted by atomic mass is 19.4. The standard InChI is InChI=1S/C13H22F3NO2/c1-12(10-11(18)19,6-5-7-13(14,15)16)17-8-3-2-4-9-17/h2-10H2,1H3,(H,18,19). The zero-order chi connectivity index (χ0) is 14.5. The van der Waals surface area contributed by atoms with Crippen molar-refractivity contribution in [2.24, 2.45) is 0 Å². The molecule has 1 aliphatic rings. The molecular formula is C13H22F3NO2. The topological polar surface area (TPSA) is 40.5 Å². The molecule has 0 radical (unpaired) electrons. The Morgan fingerprint density at radius 1 is 1.16 bits per heavy atom. The van der Waals surface area contributed by atoms with E-state index in [4.69, 9.17) is 5.11 Å². The van der Waals surface area contributed by atoms with Crippen LogP contribution in [0.2, 0.25) is 0 Å². The number of carboxylic acids is 1. The van der Waals surface area contributed by atoms with E-state index in [-0.39, 0.29) is 19.3 Å². The quantitative estimate of drug-likeness (QED) is 0.810. The lowest BCUT2D eigenvalue weighted by molar-refractivity contribution is -0.142. The molecule has 0 aromatic heterocycles. The average Bonchev–Trinajstić information content (AvgIpc) is 2.27. The highest BCUT2D eigenvalue weighted by Crippen LogP contribution is 2.31. The van der Waals surface area contributed by atoms with Crippen LogP contribution < -0.4 is 0 Å². The van der Waals surface area contributed by atoms with E-state index in [9.17, 15) is 18.0 Å². The minimum Gasteiger partial charge on any atom is -0.481 e. The predicted molar refractivity (Wildman–Crippen MR) is 66.0 cm³/mol. The van der Waals surface area contributed by atoms with Gasteiger partial charge < -0.3 is 5.11 Å². The Kier molecular flexibility index (Phi) is 5.64. The van der Waals surface area contributed by atoms with Crippen molar-refractivity contribution in [1.29, 1.82) is 0 Å². The van der Waals surface area contributed by atoms with E-state index < -0.39 is 24.1 Å². The van der Waals surface area contributed by atoms with Crippen molar-refractivity contribution < 1.29 is 23.1 Å². The van der Waals surface area contributed by atoms with Crippen LogP contribution in [-0.4, -0.2) is 40.8 Å². The molecule has 1 atom stereocenters. The van der Waals surface area contributed by atoms with E-state index in [1.165, 1.54) is 0 Å². The summed E-state index contributed by atoms with van der Waals surface area (Å²) in [6, 6.07) is 0. The normalized spacial score (nSPS) is 21.1. The van der Waals surface area contributed by atoms with E-state index in [0.29, 0.717) is 0 Å². The smallest absolute Gasteiger partial charge is 0.389 e. The molecule has 1 aliphatic heterocycles. The van der Waals surface area contributed by atoms with Crippen LogP contribution in [-0.2, 0) is 4.79 Å². The molecule has 1 heterocycles. The first-order chi connectivity index (χ1) is 8.73. The van der Waals surface area contributed by atoms with Gasteiger partial charge in [-0.05, 0) is 45.7 Å². The van der Waals surface area contributed by atoms with Crippen molar-refractivity contribution in [3.05, 3.63) is 0 Å². The Bertz CT molecular complexity index is 301. The van der Waals surface area contributed by atoms with Gasteiger partial charge in [0.05, 0.1) is 6.42 Å². The number of halogens is 3. The predicted octanol–water partition coefficient (Wildman–Crippen LogP) is 3.44. The Morgan fingerprint density at radius 3 is 2.21 bits per heavy atom. The number of rotatable bonds is 6. The Hall–Kier alpha value is -0.780. The number of carboxylic acid groups (broad SMARTS) is 1. The number of alkyl halides is 3. The molecule has 0 aromatic rings. The molecule has 1 saturated heterocycles. The zero-order valence-electron chi connectivity index (χ0n) is 11.3. The molecule has 0 amide bonds. The van der Waals surface area contributed by atoms with E-state index in [1.54, 1.807) is 6.92 Å². The summed E-state index contributed by atoms with van der Waals surface area (Å²) in [6.45, 7) is 3.36. The van der Waals surface area contributed by atoms with Crippen LogP contribution >= 0.6 is 0 Å². The molecule has 19 heavy (non-hydrogen) atoms. The van der Waals surface area contributed by atoms with Crippen molar-refractivity contribution in [2.75, 3.05) is 13.1 Å². The van der Waals surface area contributed by atoms with Crippen LogP contribution in [0.3, 0.4) is 0 Å². The second-order valence-corrected chi connectivity index (χ2v) is 5.58. The van der Waals surface area contributed by atoms with E-state index in [0.717, 1.165) is 32.4 Å². The van der Waals surface area contributed by atoms with Crippen LogP contribution in [0.15, 0.2) is 0 Å². The zero-order valence-corrected chi connectivity index (χ0v) is 11.3. The largest absolute Gasteiger partial charge is 0.481 e. The summed E-state index contributed by atoms with van der Waals surface area (Å²) in [5.74, 6) is -0.944. The van der Waals surface area contributed by atoms with Crippen LogP contribution in [0.4, 0.5) is 13.2 Å². The maximum absolute atomic E-state index is 12.2. The third-order valence-electron chi connectivity index (χ3n) is 3.83. The van der Waals surface area contributed by atoms with Gasteiger partial charge in [0.25, 0.3) is 0 Å². The van der Waals surface area contributed by atoms with Gasteiger partial charge in [-0.2, -0.15) is 13.2 Å². The molecule has 6 heteroatoms. The fraction of sp³-hybridized carbons (Fsp3) is 0.923. The highest BCUT2D eigenvalue weighted by molar-refractivity contribution is 5.68. The van der Waals surface area contributed by atoms with E-state index >= 15 is 0 Å². The number of likely N-dealkylation sites (tertiary alicyclic amines) is 1. The van der Waals surface area contributed by atoms with Crippen molar-refractivity contribution in [3.8, 4) is 0 Å². The van der Waals surface area contributed by atoms with Gasteiger partial charge in [0.15, 0.2) is 0 Å². The summed E-state index contributed by atoms with van der Waals surface area (Å²) < 4.78 is 36.6. The van der Waals surface area contributed by atoms with Crippen molar-refractivity contribution in [3.63, 3.8) is 0 Å². The van der Waals surface area contributed by atoms with Gasteiger partial charge in [-0.15, -0.1) is 0 Å². The summed E-state index contributed by atoms with van der Waals surface area (Å²) >= 11 is 0. The Morgan fingerprint density at radius 2 is 1.74 bits per heavy atom. The van der Waals surface area contributed by atoms with E-state index in [1.807, 2.05) is 0 Å². The minimum atomic E-state index is -4.16. The van der Waals surface area contributed by atoms with Crippen LogP contribution in [0.1, 0.15) is 51.9 Å². The van der Waals surface area contributed by atoms with Crippen LogP contribution in [0, 0.1) is 0 Å². The highest BCUT2D eigenvalue weighted by Gasteiger charge is 2.36. The van der Waals surface area contributed by atoms with E-state index in [2.05, 4.69) is 4.90 Å². The number of piperidine rings is 1. The fourth-order valence-corrected chi connectivity index (χ4v) is 2.79.